The highest BCUT2D eigenvalue weighted by atomic mass is 35.5. The van der Waals surface area contributed by atoms with Gasteiger partial charge in [0, 0.05) is 124 Å². The first-order valence-electron chi connectivity index (χ1n) is 38.6. The molecule has 4 aliphatic rings. The number of primary amides is 1. The van der Waals surface area contributed by atoms with Crippen molar-refractivity contribution in [1.29, 1.82) is 0 Å². The van der Waals surface area contributed by atoms with E-state index >= 15 is 0 Å². The molecular formula is C79H99ClN18O21. The molecule has 1 saturated heterocycles. The molecule has 0 radical (unpaired) electrons. The molecule has 12 N–H and O–H groups in total. The van der Waals surface area contributed by atoms with E-state index in [-0.39, 0.29) is 165 Å². The third-order valence-corrected chi connectivity index (χ3v) is 19.8. The number of H-pyrrole nitrogens is 1. The fourth-order valence-corrected chi connectivity index (χ4v) is 13.2. The van der Waals surface area contributed by atoms with Gasteiger partial charge >= 0.3 is 36.5 Å². The fourth-order valence-electron chi connectivity index (χ4n) is 12.9. The number of alkyl carbamates (subject to hydrolysis) is 2. The molecule has 2 aromatic heterocycles. The SMILES string of the molecule is Cc1cccc2c(OC(=O)N3CCN(C)CC3)cc3c(c12)[C@H](CCl)CN3C(=O)c1cc2cc(NC(=O)c3ccc(OC(=O)N(CCOCCO)CCN(C)C(=O)OCc4ccc(NC(=O)[C@H](CCCNC(N)=O)NC(=O)[C@@H](NC(=O)OCCOCCN5C=C(CNC(=O)OCCOCCN6C(=O)C=CC6=O)NN5)C(C)C)cc4)cc3)ncc2[nH]1. The molecule has 10 rings (SSSR count). The third kappa shape index (κ3) is 25.6. The zero-order valence-electron chi connectivity index (χ0n) is 66.5. The summed E-state index contributed by atoms with van der Waals surface area (Å²) in [6.45, 7) is 8.31. The number of carbonyl (C=O) groups excluding carboxylic acids is 12. The number of halogens is 1. The van der Waals surface area contributed by atoms with Crippen LogP contribution in [-0.4, -0.2) is 287 Å². The van der Waals surface area contributed by atoms with E-state index < -0.39 is 84.0 Å². The van der Waals surface area contributed by atoms with Gasteiger partial charge in [0.25, 0.3) is 23.6 Å². The van der Waals surface area contributed by atoms with E-state index in [0.717, 1.165) is 26.8 Å². The summed E-state index contributed by atoms with van der Waals surface area (Å²) in [6.07, 6.45) is 2.18. The number of hydrogen-bond donors (Lipinski definition) is 11. The van der Waals surface area contributed by atoms with Crippen molar-refractivity contribution < 1.29 is 101 Å². The van der Waals surface area contributed by atoms with Crippen molar-refractivity contribution in [3.8, 4) is 11.5 Å². The van der Waals surface area contributed by atoms with E-state index in [1.165, 1.54) is 59.5 Å². The number of imide groups is 1. The number of anilines is 3. The summed E-state index contributed by atoms with van der Waals surface area (Å²) in [5.41, 5.74) is 15.9. The summed E-state index contributed by atoms with van der Waals surface area (Å²) < 4.78 is 44.2. The number of aliphatic hydroxyl groups excluding tert-OH is 1. The van der Waals surface area contributed by atoms with E-state index in [1.54, 1.807) is 77.3 Å². The molecule has 40 heteroatoms. The number of aryl methyl sites for hydroxylation is 1. The van der Waals surface area contributed by atoms with Crippen molar-refractivity contribution in [2.24, 2.45) is 11.7 Å². The average Bonchev–Trinajstić information content (AvgIpc) is 1.46. The number of urea groups is 1. The Morgan fingerprint density at radius 1 is 0.748 bits per heavy atom. The van der Waals surface area contributed by atoms with Crippen molar-refractivity contribution in [3.05, 3.63) is 143 Å². The number of nitrogens with zero attached hydrogens (tertiary/aromatic N) is 8. The minimum Gasteiger partial charge on any atom is -0.447 e. The number of nitrogens with one attached hydrogen (secondary N) is 9. The fraction of sp³-hybridized carbons (Fsp3) is 0.430. The number of alkyl halides is 1. The summed E-state index contributed by atoms with van der Waals surface area (Å²) in [5.74, 6) is -2.90. The van der Waals surface area contributed by atoms with E-state index in [4.69, 9.17) is 55.2 Å². The molecule has 0 unspecified atom stereocenters. The van der Waals surface area contributed by atoms with Crippen LogP contribution in [-0.2, 0) is 54.2 Å². The summed E-state index contributed by atoms with van der Waals surface area (Å²) in [5, 5.41) is 29.0. The van der Waals surface area contributed by atoms with Gasteiger partial charge in [0.05, 0.1) is 89.0 Å². The molecule has 0 aliphatic carbocycles. The molecule has 4 aromatic carbocycles. The van der Waals surface area contributed by atoms with Crippen LogP contribution in [0.4, 0.5) is 46.0 Å². The van der Waals surface area contributed by atoms with Crippen molar-refractivity contribution in [1.82, 2.24) is 71.7 Å². The number of aliphatic hydroxyl groups is 1. The number of hydrazine groups is 2. The van der Waals surface area contributed by atoms with Crippen molar-refractivity contribution in [2.45, 2.75) is 58.2 Å². The Kier molecular flexibility index (Phi) is 32.7. The topological polar surface area (TPSA) is 473 Å². The van der Waals surface area contributed by atoms with Gasteiger partial charge in [-0.3, -0.25) is 38.7 Å². The summed E-state index contributed by atoms with van der Waals surface area (Å²) in [4.78, 5) is 173. The molecular weight excluding hydrogens is 1570 g/mol. The normalized spacial score (nSPS) is 14.9. The number of aromatic nitrogens is 2. The number of rotatable bonds is 40. The van der Waals surface area contributed by atoms with Crippen LogP contribution in [0.3, 0.4) is 0 Å². The van der Waals surface area contributed by atoms with Gasteiger partial charge in [-0.1, -0.05) is 44.2 Å². The van der Waals surface area contributed by atoms with E-state index in [1.807, 2.05) is 32.2 Å². The second kappa shape index (κ2) is 43.7. The smallest absolute Gasteiger partial charge is 0.415 e. The van der Waals surface area contributed by atoms with Crippen molar-refractivity contribution in [2.75, 3.05) is 174 Å². The van der Waals surface area contributed by atoms with E-state index in [9.17, 15) is 62.6 Å². The standard InChI is InChI=1S/C79H99ClN18O21/c1-49(2)69(89-76(108)116-39-37-113-33-29-96-47-56(90-91-96)44-84-75(107)115-38-36-114-34-30-97-65(100)19-20-66(97)101)72(104)87-59(10-7-21-82-74(81)106)71(103)85-55-15-11-51(12-16-55)48-117-77(109)93(5)24-27-95(28-32-112-35-31-99)78(110)118-57-17-13-52(14-18-57)70(102)88-64-41-53-40-60(86-61(53)45-83-64)73(105)98-46-54(43-80)68-62(98)42-63(58-9-6-8-50(3)67(58)68)119-79(111)94-25-22-92(4)23-26-94/h6,8-9,11-20,40-42,45,47,49,54,59,69,86,90-91,99H,7,10,21-39,43-44,46,48H2,1-5H3,(H,84,107)(H,85,103)(H,87,104)(H,89,108)(H3,81,82,106)(H,83,88,102)/t54-,59+,69+/m1/s1. The van der Waals surface area contributed by atoms with E-state index in [0.29, 0.717) is 72.0 Å². The van der Waals surface area contributed by atoms with Crippen molar-refractivity contribution in [3.63, 3.8) is 0 Å². The Hall–Kier alpha value is -12.4. The number of piperazine rings is 1. The maximum absolute atomic E-state index is 14.6. The lowest BCUT2D eigenvalue weighted by molar-refractivity contribution is -0.137. The largest absolute Gasteiger partial charge is 0.447 e. The van der Waals surface area contributed by atoms with Crippen LogP contribution >= 0.6 is 11.6 Å². The molecule has 0 saturated carbocycles. The Balaban J connectivity index is 0.641. The van der Waals surface area contributed by atoms with Crippen LogP contribution in [0.2, 0.25) is 0 Å². The summed E-state index contributed by atoms with van der Waals surface area (Å²) in [6, 6.07) is 19.8. The predicted octanol–water partition coefficient (Wildman–Crippen LogP) is 4.56. The number of likely N-dealkylation sites (N-methyl/N-ethyl adjacent to an activating group) is 2. The van der Waals surface area contributed by atoms with Crippen LogP contribution in [0.1, 0.15) is 70.1 Å². The third-order valence-electron chi connectivity index (χ3n) is 19.4. The van der Waals surface area contributed by atoms with Gasteiger partial charge in [-0.25, -0.2) is 33.8 Å². The molecule has 0 spiro atoms. The molecule has 1 fully saturated rings. The minimum absolute atomic E-state index is 0.00190. The van der Waals surface area contributed by atoms with Crippen LogP contribution in [0.5, 0.6) is 11.5 Å². The molecule has 3 atom stereocenters. The average molecular weight is 1670 g/mol. The van der Waals surface area contributed by atoms with Gasteiger partial charge in [0.15, 0.2) is 0 Å². The molecule has 0 bridgehead atoms. The Labute approximate surface area is 689 Å². The number of pyridine rings is 1. The lowest BCUT2D eigenvalue weighted by atomic mass is 9.92. The summed E-state index contributed by atoms with van der Waals surface area (Å²) in [7, 11) is 3.47. The van der Waals surface area contributed by atoms with Gasteiger partial charge in [0.1, 0.15) is 54.9 Å². The molecule has 638 valence electrons. The molecule has 119 heavy (non-hydrogen) atoms. The second-order valence-corrected chi connectivity index (χ2v) is 28.7. The Morgan fingerprint density at radius 3 is 2.17 bits per heavy atom. The first-order chi connectivity index (χ1) is 57.3. The number of hydrogen-bond acceptors (Lipinski definition) is 26. The highest BCUT2D eigenvalue weighted by Crippen LogP contribution is 2.47. The van der Waals surface area contributed by atoms with Crippen LogP contribution < -0.4 is 63.0 Å². The number of nitrogens with two attached hydrogens (primary N) is 1. The second-order valence-electron chi connectivity index (χ2n) is 28.4. The lowest BCUT2D eigenvalue weighted by Gasteiger charge is -2.31. The number of benzene rings is 4. The van der Waals surface area contributed by atoms with E-state index in [2.05, 4.69) is 57.7 Å². The number of ether oxygens (including phenoxy) is 8. The van der Waals surface area contributed by atoms with Gasteiger partial charge in [-0.05, 0) is 103 Å². The minimum atomic E-state index is -1.17. The predicted molar refractivity (Wildman–Crippen MR) is 433 cm³/mol. The maximum atomic E-state index is 14.6. The Morgan fingerprint density at radius 2 is 1.46 bits per heavy atom. The number of aromatic amines is 1. The highest BCUT2D eigenvalue weighted by Gasteiger charge is 2.38. The van der Waals surface area contributed by atoms with Crippen LogP contribution in [0.25, 0.3) is 21.7 Å². The lowest BCUT2D eigenvalue weighted by Crippen LogP contribution is -2.54. The quantitative estimate of drug-likeness (QED) is 0.0109. The monoisotopic (exact) mass is 1670 g/mol. The van der Waals surface area contributed by atoms with Crippen LogP contribution in [0, 0.1) is 12.8 Å². The van der Waals surface area contributed by atoms with Gasteiger partial charge in [-0.2, -0.15) is 0 Å². The first-order valence-corrected chi connectivity index (χ1v) is 39.1. The molecule has 6 aromatic rings. The molecule has 6 heterocycles. The zero-order valence-corrected chi connectivity index (χ0v) is 67.3. The number of amides is 13. The first kappa shape index (κ1) is 89.0. The van der Waals surface area contributed by atoms with Crippen molar-refractivity contribution >= 4 is 122 Å². The number of carbonyl (C=O) groups is 12. The van der Waals surface area contributed by atoms with Crippen LogP contribution in [0.15, 0.2) is 115 Å². The highest BCUT2D eigenvalue weighted by molar-refractivity contribution is 6.20. The van der Waals surface area contributed by atoms with Gasteiger partial charge in [-0.15, -0.1) is 17.1 Å². The van der Waals surface area contributed by atoms with Gasteiger partial charge in [0.2, 0.25) is 11.8 Å². The summed E-state index contributed by atoms with van der Waals surface area (Å²) >= 11 is 6.63. The molecule has 4 aliphatic heterocycles. The molecule has 13 amide bonds. The Bertz CT molecular complexity index is 4660. The zero-order chi connectivity index (χ0) is 85.1. The van der Waals surface area contributed by atoms with Gasteiger partial charge < -0.3 is 116 Å². The molecule has 39 nitrogen and oxygen atoms in total. The maximum Gasteiger partial charge on any atom is 0.415 e. The number of fused-ring (bicyclic) bond motifs is 4.